The first-order valence-electron chi connectivity index (χ1n) is 5.26. The topological polar surface area (TPSA) is 37.3 Å². The van der Waals surface area contributed by atoms with E-state index in [-0.39, 0.29) is 0 Å². The molecule has 0 bridgehead atoms. The number of aliphatic carboxylic acids is 1. The molecule has 0 aromatic heterocycles. The first-order chi connectivity index (χ1) is 10.9. The van der Waals surface area contributed by atoms with E-state index in [4.69, 9.17) is 5.11 Å². The van der Waals surface area contributed by atoms with E-state index in [9.17, 15) is 70.7 Å². The molecule has 0 spiro atoms. The van der Waals surface area contributed by atoms with Gasteiger partial charge < -0.3 is 5.11 Å². The summed E-state index contributed by atoms with van der Waals surface area (Å²) < 4.78 is 187. The zero-order chi connectivity index (χ0) is 21.7. The lowest BCUT2D eigenvalue weighted by molar-refractivity contribution is -0.357. The van der Waals surface area contributed by atoms with Gasteiger partial charge in [0.05, 0.1) is 0 Å². The number of rotatable bonds is 4. The minimum atomic E-state index is -7.95. The van der Waals surface area contributed by atoms with Gasteiger partial charge in [0, 0.05) is 0 Å². The Labute approximate surface area is 130 Å². The van der Waals surface area contributed by atoms with Crippen LogP contribution in [0.5, 0.6) is 0 Å². The second-order valence-corrected chi connectivity index (χ2v) is 4.27. The highest BCUT2D eigenvalue weighted by Gasteiger charge is 2.81. The van der Waals surface area contributed by atoms with Gasteiger partial charge in [0.25, 0.3) is 0 Å². The maximum atomic E-state index is 13.3. The Bertz CT molecular complexity index is 588. The van der Waals surface area contributed by atoms with Crippen molar-refractivity contribution in [2.24, 2.45) is 0 Å². The number of hydrogen-bond acceptors (Lipinski definition) is 1. The monoisotopic (exact) mass is 426 g/mol. The van der Waals surface area contributed by atoms with Crippen LogP contribution in [0.25, 0.3) is 0 Å². The van der Waals surface area contributed by atoms with Crippen molar-refractivity contribution in [3.8, 4) is 0 Å². The summed E-state index contributed by atoms with van der Waals surface area (Å²) in [5.74, 6) is -27.7. The van der Waals surface area contributed by atoms with Crippen molar-refractivity contribution in [1.29, 1.82) is 0 Å². The Hall–Kier alpha value is -1.84. The molecule has 0 fully saturated rings. The molecule has 0 saturated carbocycles. The van der Waals surface area contributed by atoms with Crippen LogP contribution in [0.2, 0.25) is 0 Å². The molecule has 0 saturated heterocycles. The van der Waals surface area contributed by atoms with Crippen molar-refractivity contribution < 1.29 is 75.8 Å². The van der Waals surface area contributed by atoms with Gasteiger partial charge in [-0.1, -0.05) is 0 Å². The third-order valence-corrected chi connectivity index (χ3v) is 2.48. The number of carboxylic acids is 1. The fraction of sp³-hybridized carbons (Fsp3) is 0.667. The molecule has 0 aromatic rings. The Balaban J connectivity index is 7.43. The van der Waals surface area contributed by atoms with Crippen molar-refractivity contribution in [2.45, 2.75) is 36.3 Å². The first kappa shape index (κ1) is 24.2. The Morgan fingerprint density at radius 2 is 0.923 bits per heavy atom. The lowest BCUT2D eigenvalue weighted by Gasteiger charge is -2.35. The number of hydrogen-bond donors (Lipinski definition) is 1. The molecule has 2 nitrogen and oxygen atoms in total. The molecule has 0 aliphatic rings. The average Bonchev–Trinajstić information content (AvgIpc) is 2.29. The Kier molecular flexibility index (Phi) is 5.67. The summed E-state index contributed by atoms with van der Waals surface area (Å²) in [5.41, 5.74) is -9.94. The van der Waals surface area contributed by atoms with Gasteiger partial charge >= 0.3 is 42.3 Å². The normalized spacial score (nSPS) is 16.4. The van der Waals surface area contributed by atoms with E-state index >= 15 is 0 Å². The van der Waals surface area contributed by atoms with Crippen LogP contribution in [0.4, 0.5) is 65.9 Å². The highest BCUT2D eigenvalue weighted by molar-refractivity contribution is 5.90. The van der Waals surface area contributed by atoms with Gasteiger partial charge in [0.15, 0.2) is 5.57 Å². The highest BCUT2D eigenvalue weighted by Crippen LogP contribution is 2.58. The third-order valence-electron chi connectivity index (χ3n) is 2.48. The molecular formula is C9HF15O2. The van der Waals surface area contributed by atoms with Crippen LogP contribution in [0.1, 0.15) is 0 Å². The largest absolute Gasteiger partial charge is 0.478 e. The van der Waals surface area contributed by atoms with Crippen LogP contribution in [-0.4, -0.2) is 47.4 Å². The van der Waals surface area contributed by atoms with Gasteiger partial charge in [-0.25, -0.2) is 4.79 Å². The molecule has 0 aromatic carbocycles. The highest BCUT2D eigenvalue weighted by atomic mass is 19.4. The van der Waals surface area contributed by atoms with Crippen LogP contribution in [0.15, 0.2) is 11.1 Å². The second-order valence-electron chi connectivity index (χ2n) is 4.27. The van der Waals surface area contributed by atoms with Gasteiger partial charge in [-0.3, -0.25) is 0 Å². The van der Waals surface area contributed by atoms with Crippen molar-refractivity contribution >= 4 is 5.97 Å². The van der Waals surface area contributed by atoms with Crippen molar-refractivity contribution in [3.05, 3.63) is 11.1 Å². The summed E-state index contributed by atoms with van der Waals surface area (Å²) >= 11 is 0. The molecule has 0 radical (unpaired) electrons. The average molecular weight is 426 g/mol. The lowest BCUT2D eigenvalue weighted by atomic mass is 9.90. The number of alkyl halides is 15. The van der Waals surface area contributed by atoms with E-state index in [1.54, 1.807) is 0 Å². The molecule has 154 valence electrons. The van der Waals surface area contributed by atoms with E-state index in [1.165, 1.54) is 0 Å². The zero-order valence-corrected chi connectivity index (χ0v) is 11.0. The van der Waals surface area contributed by atoms with Crippen molar-refractivity contribution in [3.63, 3.8) is 0 Å². The number of carboxylic acid groups (broad SMARTS) is 1. The summed E-state index contributed by atoms with van der Waals surface area (Å²) in [6.45, 7) is 0. The van der Waals surface area contributed by atoms with Gasteiger partial charge in [-0.05, 0) is 0 Å². The summed E-state index contributed by atoms with van der Waals surface area (Å²) in [6.07, 6.45) is -22.3. The number of carbonyl (C=O) groups is 1. The summed E-state index contributed by atoms with van der Waals surface area (Å²) in [5, 5.41) is 8.00. The van der Waals surface area contributed by atoms with Gasteiger partial charge in [0.2, 0.25) is 0 Å². The van der Waals surface area contributed by atoms with E-state index < -0.39 is 53.4 Å². The number of halogens is 15. The second kappa shape index (κ2) is 6.11. The van der Waals surface area contributed by atoms with Gasteiger partial charge in [-0.15, -0.1) is 0 Å². The maximum Gasteiger partial charge on any atom is 0.460 e. The molecule has 0 amide bonds. The fourth-order valence-electron chi connectivity index (χ4n) is 1.36. The molecule has 26 heavy (non-hydrogen) atoms. The molecule has 0 aliphatic carbocycles. The maximum absolute atomic E-state index is 13.3. The molecule has 1 N–H and O–H groups in total. The molecular weight excluding hydrogens is 425 g/mol. The van der Waals surface area contributed by atoms with E-state index in [0.717, 1.165) is 0 Å². The molecule has 0 atom stereocenters. The van der Waals surface area contributed by atoms with Crippen LogP contribution < -0.4 is 0 Å². The van der Waals surface area contributed by atoms with Crippen LogP contribution in [0.3, 0.4) is 0 Å². The fourth-order valence-corrected chi connectivity index (χ4v) is 1.36. The van der Waals surface area contributed by atoms with E-state index in [0.29, 0.717) is 0 Å². The Morgan fingerprint density at radius 3 is 1.12 bits per heavy atom. The van der Waals surface area contributed by atoms with Crippen LogP contribution >= 0.6 is 0 Å². The van der Waals surface area contributed by atoms with Gasteiger partial charge in [-0.2, -0.15) is 65.9 Å². The molecule has 0 heterocycles. The molecule has 0 rings (SSSR count). The smallest absolute Gasteiger partial charge is 0.460 e. The van der Waals surface area contributed by atoms with Crippen LogP contribution in [-0.2, 0) is 4.79 Å². The molecule has 0 unspecified atom stereocenters. The standard InChI is InChI=1S/C9HF15O2/c10-4(11,7(17,18)9(22,23)24)2(5(12,13)8(19,20)21)1(3(25)26)6(14,15)16/h(H,25,26). The Morgan fingerprint density at radius 1 is 0.577 bits per heavy atom. The van der Waals surface area contributed by atoms with E-state index in [1.807, 2.05) is 0 Å². The summed E-state index contributed by atoms with van der Waals surface area (Å²) in [4.78, 5) is 10.2. The van der Waals surface area contributed by atoms with E-state index in [2.05, 4.69) is 0 Å². The SMILES string of the molecule is O=C(O)C(=C(C(F)(F)C(F)(F)F)C(F)(F)C(F)(F)C(F)(F)F)C(F)(F)F. The molecule has 0 aliphatic heterocycles. The minimum Gasteiger partial charge on any atom is -0.478 e. The van der Waals surface area contributed by atoms with Crippen LogP contribution in [0, 0.1) is 0 Å². The minimum absolute atomic E-state index is 4.07. The quantitative estimate of drug-likeness (QED) is 0.510. The molecule has 17 heteroatoms. The lowest BCUT2D eigenvalue weighted by Crippen LogP contribution is -2.59. The van der Waals surface area contributed by atoms with Crippen molar-refractivity contribution in [2.75, 3.05) is 0 Å². The summed E-state index contributed by atoms with van der Waals surface area (Å²) in [6, 6.07) is 0. The zero-order valence-electron chi connectivity index (χ0n) is 11.0. The predicted octanol–water partition coefficient (Wildman–Crippen LogP) is 4.96. The predicted molar refractivity (Wildman–Crippen MR) is 47.7 cm³/mol. The van der Waals surface area contributed by atoms with Crippen molar-refractivity contribution in [1.82, 2.24) is 0 Å². The third kappa shape index (κ3) is 3.79. The first-order valence-corrected chi connectivity index (χ1v) is 5.26. The number of allylic oxidation sites excluding steroid dienone is 1. The summed E-state index contributed by atoms with van der Waals surface area (Å²) in [7, 11) is 0. The van der Waals surface area contributed by atoms with Gasteiger partial charge in [0.1, 0.15) is 5.57 Å².